The zero-order chi connectivity index (χ0) is 19.6. The summed E-state index contributed by atoms with van der Waals surface area (Å²) >= 11 is 6.13. The van der Waals surface area contributed by atoms with Crippen molar-refractivity contribution in [1.82, 2.24) is 20.2 Å². The lowest BCUT2D eigenvalue weighted by Gasteiger charge is -2.19. The Morgan fingerprint density at radius 3 is 2.56 bits per heavy atom. The zero-order valence-corrected chi connectivity index (χ0v) is 14.8. The molecule has 10 heteroatoms. The molecule has 144 valence electrons. The summed E-state index contributed by atoms with van der Waals surface area (Å²) in [6.07, 6.45) is 2.04. The molecule has 1 saturated carbocycles. The lowest BCUT2D eigenvalue weighted by molar-refractivity contribution is -0.146. The van der Waals surface area contributed by atoms with Gasteiger partial charge in [-0.3, -0.25) is 0 Å². The summed E-state index contributed by atoms with van der Waals surface area (Å²) in [4.78, 5) is 11.7. The van der Waals surface area contributed by atoms with Crippen LogP contribution in [0.3, 0.4) is 0 Å². The molecule has 0 amide bonds. The van der Waals surface area contributed by atoms with E-state index in [0.29, 0.717) is 10.2 Å². The van der Waals surface area contributed by atoms with Crippen molar-refractivity contribution in [3.63, 3.8) is 0 Å². The third-order valence-corrected chi connectivity index (χ3v) is 4.80. The molecule has 1 aromatic heterocycles. The fraction of sp³-hybridized carbons (Fsp3) is 0.412. The maximum absolute atomic E-state index is 13.0. The summed E-state index contributed by atoms with van der Waals surface area (Å²) < 4.78 is 39.4. The highest BCUT2D eigenvalue weighted by Crippen LogP contribution is 2.33. The molecule has 1 fully saturated rings. The van der Waals surface area contributed by atoms with Crippen LogP contribution in [-0.2, 0) is 11.0 Å². The first-order valence-electron chi connectivity index (χ1n) is 8.38. The number of rotatable bonds is 4. The molecule has 1 aliphatic carbocycles. The Bertz CT molecular complexity index is 873. The number of hydrogen-bond donors (Lipinski definition) is 1. The van der Waals surface area contributed by atoms with Gasteiger partial charge in [-0.25, -0.2) is 4.79 Å². The SMILES string of the molecule is O=C(O)C(=CC1CCCCC1)c1ccc(-n2nnnc2C(F)(F)F)c(Cl)c1. The number of halogens is 4. The quantitative estimate of drug-likeness (QED) is 0.770. The Hall–Kier alpha value is -2.42. The number of aliphatic carboxylic acids is 1. The molecule has 0 spiro atoms. The van der Waals surface area contributed by atoms with Crippen LogP contribution in [0.5, 0.6) is 0 Å². The number of aromatic nitrogens is 4. The Kier molecular flexibility index (Phi) is 5.50. The summed E-state index contributed by atoms with van der Waals surface area (Å²) in [7, 11) is 0. The summed E-state index contributed by atoms with van der Waals surface area (Å²) in [6, 6.07) is 4.01. The van der Waals surface area contributed by atoms with E-state index in [1.54, 1.807) is 6.08 Å². The Morgan fingerprint density at radius 1 is 1.26 bits per heavy atom. The molecule has 6 nitrogen and oxygen atoms in total. The van der Waals surface area contributed by atoms with E-state index in [1.807, 2.05) is 0 Å². The van der Waals surface area contributed by atoms with Crippen LogP contribution in [0.25, 0.3) is 11.3 Å². The van der Waals surface area contributed by atoms with Gasteiger partial charge < -0.3 is 5.11 Å². The molecule has 0 bridgehead atoms. The van der Waals surface area contributed by atoms with Crippen LogP contribution in [0, 0.1) is 5.92 Å². The summed E-state index contributed by atoms with van der Waals surface area (Å²) in [5.74, 6) is -2.25. The lowest BCUT2D eigenvalue weighted by Crippen LogP contribution is -2.15. The standard InChI is InChI=1S/C17H16ClF3N4O2/c18-13-9-11(12(15(26)27)8-10-4-2-1-3-5-10)6-7-14(13)25-16(17(19,20)21)22-23-24-25/h6-10H,1-5H2,(H,26,27). The fourth-order valence-electron chi connectivity index (χ4n) is 3.20. The first kappa shape index (κ1) is 19.3. The second-order valence-corrected chi connectivity index (χ2v) is 6.77. The van der Waals surface area contributed by atoms with Crippen LogP contribution in [0.1, 0.15) is 43.5 Å². The van der Waals surface area contributed by atoms with Crippen molar-refractivity contribution in [3.05, 3.63) is 40.7 Å². The van der Waals surface area contributed by atoms with Crippen molar-refractivity contribution in [2.75, 3.05) is 0 Å². The van der Waals surface area contributed by atoms with Crippen LogP contribution in [0.2, 0.25) is 5.02 Å². The second-order valence-electron chi connectivity index (χ2n) is 6.36. The normalized spacial score (nSPS) is 16.5. The second kappa shape index (κ2) is 7.67. The Labute approximate surface area is 157 Å². The van der Waals surface area contributed by atoms with Crippen molar-refractivity contribution < 1.29 is 23.1 Å². The molecule has 1 aliphatic rings. The lowest BCUT2D eigenvalue weighted by atomic mass is 9.87. The van der Waals surface area contributed by atoms with E-state index in [2.05, 4.69) is 15.5 Å². The average Bonchev–Trinajstić information content (AvgIpc) is 3.10. The average molecular weight is 401 g/mol. The van der Waals surface area contributed by atoms with Crippen molar-refractivity contribution in [2.24, 2.45) is 5.92 Å². The fourth-order valence-corrected chi connectivity index (χ4v) is 3.46. The summed E-state index contributed by atoms with van der Waals surface area (Å²) in [5, 5.41) is 18.8. The van der Waals surface area contributed by atoms with Gasteiger partial charge >= 0.3 is 12.1 Å². The van der Waals surface area contributed by atoms with Crippen LogP contribution >= 0.6 is 11.6 Å². The number of allylic oxidation sites excluding steroid dienone is 1. The van der Waals surface area contributed by atoms with Gasteiger partial charge in [0.1, 0.15) is 0 Å². The molecule has 1 N–H and O–H groups in total. The third-order valence-electron chi connectivity index (χ3n) is 4.49. The highest BCUT2D eigenvalue weighted by molar-refractivity contribution is 6.32. The van der Waals surface area contributed by atoms with E-state index in [4.69, 9.17) is 11.6 Å². The van der Waals surface area contributed by atoms with Gasteiger partial charge in [0.05, 0.1) is 16.3 Å². The molecule has 1 heterocycles. The molecule has 1 aromatic carbocycles. The van der Waals surface area contributed by atoms with Crippen LogP contribution in [-0.4, -0.2) is 31.3 Å². The summed E-state index contributed by atoms with van der Waals surface area (Å²) in [6.45, 7) is 0. The molecule has 0 atom stereocenters. The van der Waals surface area contributed by atoms with Gasteiger partial charge in [0.25, 0.3) is 5.82 Å². The smallest absolute Gasteiger partial charge is 0.453 e. The van der Waals surface area contributed by atoms with E-state index in [1.165, 1.54) is 18.2 Å². The van der Waals surface area contributed by atoms with Gasteiger partial charge in [0.2, 0.25) is 0 Å². The number of tetrazole rings is 1. The van der Waals surface area contributed by atoms with Crippen molar-refractivity contribution >= 4 is 23.1 Å². The van der Waals surface area contributed by atoms with E-state index in [-0.39, 0.29) is 22.2 Å². The minimum absolute atomic E-state index is 0.0823. The zero-order valence-electron chi connectivity index (χ0n) is 14.1. The molecule has 3 rings (SSSR count). The molecule has 0 aliphatic heterocycles. The minimum Gasteiger partial charge on any atom is -0.478 e. The molecule has 27 heavy (non-hydrogen) atoms. The molecule has 0 saturated heterocycles. The number of carbonyl (C=O) groups is 1. The predicted octanol–water partition coefficient (Wildman–Crippen LogP) is 4.38. The summed E-state index contributed by atoms with van der Waals surface area (Å²) in [5.41, 5.74) is 0.326. The van der Waals surface area contributed by atoms with E-state index in [0.717, 1.165) is 32.1 Å². The van der Waals surface area contributed by atoms with Gasteiger partial charge in [-0.05, 0) is 46.9 Å². The number of nitrogens with zero attached hydrogens (tertiary/aromatic N) is 4. The Balaban J connectivity index is 1.97. The van der Waals surface area contributed by atoms with Gasteiger partial charge in [-0.1, -0.05) is 43.0 Å². The largest absolute Gasteiger partial charge is 0.478 e. The number of benzene rings is 1. The van der Waals surface area contributed by atoms with E-state index in [9.17, 15) is 23.1 Å². The molecular weight excluding hydrogens is 385 g/mol. The predicted molar refractivity (Wildman–Crippen MR) is 91.4 cm³/mol. The van der Waals surface area contributed by atoms with Gasteiger partial charge in [-0.15, -0.1) is 5.10 Å². The van der Waals surface area contributed by atoms with Crippen molar-refractivity contribution in [2.45, 2.75) is 38.3 Å². The molecule has 2 aromatic rings. The van der Waals surface area contributed by atoms with E-state index < -0.39 is 18.0 Å². The van der Waals surface area contributed by atoms with Gasteiger partial charge in [-0.2, -0.15) is 17.9 Å². The monoisotopic (exact) mass is 400 g/mol. The number of hydrogen-bond acceptors (Lipinski definition) is 4. The van der Waals surface area contributed by atoms with E-state index >= 15 is 0 Å². The first-order chi connectivity index (χ1) is 12.8. The molecular formula is C17H16ClF3N4O2. The maximum atomic E-state index is 13.0. The van der Waals surface area contributed by atoms with Crippen molar-refractivity contribution in [1.29, 1.82) is 0 Å². The van der Waals surface area contributed by atoms with Crippen LogP contribution in [0.4, 0.5) is 13.2 Å². The van der Waals surface area contributed by atoms with Crippen molar-refractivity contribution in [3.8, 4) is 5.69 Å². The topological polar surface area (TPSA) is 80.9 Å². The third kappa shape index (κ3) is 4.29. The van der Waals surface area contributed by atoms with Crippen LogP contribution < -0.4 is 0 Å². The Morgan fingerprint density at radius 2 is 1.96 bits per heavy atom. The van der Waals surface area contributed by atoms with Gasteiger partial charge in [0.15, 0.2) is 0 Å². The highest BCUT2D eigenvalue weighted by atomic mass is 35.5. The number of carboxylic acid groups (broad SMARTS) is 1. The highest BCUT2D eigenvalue weighted by Gasteiger charge is 2.38. The first-order valence-corrected chi connectivity index (χ1v) is 8.76. The minimum atomic E-state index is -4.75. The van der Waals surface area contributed by atoms with Crippen LogP contribution in [0.15, 0.2) is 24.3 Å². The number of alkyl halides is 3. The molecule has 0 radical (unpaired) electrons. The number of carboxylic acids is 1. The van der Waals surface area contributed by atoms with Gasteiger partial charge in [0, 0.05) is 0 Å². The maximum Gasteiger partial charge on any atom is 0.453 e. The molecule has 0 unspecified atom stereocenters.